The lowest BCUT2D eigenvalue weighted by molar-refractivity contribution is -0.108. The smallest absolute Gasteiger partial charge is 0.218 e. The number of nitrogens with two attached hydrogens (primary N) is 1. The van der Waals surface area contributed by atoms with Crippen molar-refractivity contribution in [2.75, 3.05) is 19.5 Å². The molecule has 0 aromatic heterocycles. The number of nitrogens with zero attached hydrogens (tertiary/aromatic N) is 2. The molecule has 0 radical (unpaired) electrons. The van der Waals surface area contributed by atoms with Gasteiger partial charge in [-0.2, -0.15) is 0 Å². The van der Waals surface area contributed by atoms with E-state index < -0.39 is 8.45 Å². The van der Waals surface area contributed by atoms with Gasteiger partial charge in [0.25, 0.3) is 0 Å². The van der Waals surface area contributed by atoms with Gasteiger partial charge in [-0.05, 0) is 69.2 Å². The fraction of sp³-hybridized carbons (Fsp3) is 0.850. The molecular formula is C20H42N3O4PS. The molecule has 9 heteroatoms. The zero-order valence-corrected chi connectivity index (χ0v) is 21.6. The fourth-order valence-corrected chi connectivity index (χ4v) is 5.70. The minimum absolute atomic E-state index is 0.0700. The monoisotopic (exact) mass is 451 g/mol. The normalized spacial score (nSPS) is 13.7. The third kappa shape index (κ3) is 10.6. The van der Waals surface area contributed by atoms with Crippen LogP contribution in [0.25, 0.3) is 0 Å². The van der Waals surface area contributed by atoms with Gasteiger partial charge in [0, 0.05) is 35.4 Å². The molecule has 29 heavy (non-hydrogen) atoms. The Morgan fingerprint density at radius 1 is 0.862 bits per heavy atom. The highest BCUT2D eigenvalue weighted by molar-refractivity contribution is 8.14. The van der Waals surface area contributed by atoms with Crippen molar-refractivity contribution >= 4 is 25.3 Å². The lowest BCUT2D eigenvalue weighted by Gasteiger charge is -2.45. The van der Waals surface area contributed by atoms with E-state index in [1.807, 2.05) is 0 Å². The Kier molecular flexibility index (Phi) is 14.6. The summed E-state index contributed by atoms with van der Waals surface area (Å²) in [5.41, 5.74) is 6.71. The Labute approximate surface area is 183 Å². The molecule has 0 aliphatic rings. The van der Waals surface area contributed by atoms with Gasteiger partial charge in [-0.3, -0.25) is 4.79 Å². The van der Waals surface area contributed by atoms with Gasteiger partial charge in [-0.25, -0.2) is 9.34 Å². The molecular weight excluding hydrogens is 409 g/mol. The lowest BCUT2D eigenvalue weighted by atomic mass is 10.3. The molecule has 0 atom stereocenters. The highest BCUT2D eigenvalue weighted by Gasteiger charge is 2.34. The summed E-state index contributed by atoms with van der Waals surface area (Å²) in [5, 5.41) is -0.0845. The number of hydrogen-bond donors (Lipinski definition) is 1. The van der Waals surface area contributed by atoms with Crippen molar-refractivity contribution in [3.63, 3.8) is 0 Å². The van der Waals surface area contributed by atoms with Crippen LogP contribution in [0.5, 0.6) is 0 Å². The summed E-state index contributed by atoms with van der Waals surface area (Å²) in [7, 11) is -0.989. The number of carbonyl (C=O) groups is 1. The summed E-state index contributed by atoms with van der Waals surface area (Å²) in [5.74, 6) is 0.215. The van der Waals surface area contributed by atoms with Gasteiger partial charge in [-0.1, -0.05) is 11.8 Å². The van der Waals surface area contributed by atoms with Crippen LogP contribution in [0.4, 0.5) is 0 Å². The van der Waals surface area contributed by atoms with Crippen molar-refractivity contribution in [3.8, 4) is 0 Å². The number of thioether (sulfide) groups is 1. The molecule has 2 N–H and O–H groups in total. The van der Waals surface area contributed by atoms with Crippen molar-refractivity contribution in [2.24, 2.45) is 5.73 Å². The largest absolute Gasteiger partial charge is 0.402 e. The lowest BCUT2D eigenvalue weighted by Crippen LogP contribution is -2.43. The second-order valence-corrected chi connectivity index (χ2v) is 10.6. The third-order valence-corrected chi connectivity index (χ3v) is 7.93. The zero-order valence-electron chi connectivity index (χ0n) is 19.9. The minimum Gasteiger partial charge on any atom is -0.402 e. The Morgan fingerprint density at radius 3 is 1.69 bits per heavy atom. The first kappa shape index (κ1) is 28.8. The van der Waals surface area contributed by atoms with Gasteiger partial charge in [0.15, 0.2) is 22.0 Å². The summed E-state index contributed by atoms with van der Waals surface area (Å²) in [6.45, 7) is 21.1. The number of hydrogen-bond acceptors (Lipinski definition) is 8. The van der Waals surface area contributed by atoms with Crippen LogP contribution in [0.15, 0.2) is 11.3 Å². The average Bonchev–Trinajstić information content (AvgIpc) is 2.58. The molecule has 0 fully saturated rings. The van der Waals surface area contributed by atoms with Gasteiger partial charge in [0.05, 0.1) is 0 Å². The van der Waals surface area contributed by atoms with Crippen LogP contribution >= 0.6 is 20.2 Å². The van der Waals surface area contributed by atoms with Gasteiger partial charge in [-0.15, -0.1) is 0 Å². The Morgan fingerprint density at radius 2 is 1.31 bits per heavy atom. The van der Waals surface area contributed by atoms with E-state index >= 15 is 0 Å². The summed E-state index contributed by atoms with van der Waals surface area (Å²) in [4.78, 5) is 11.8. The molecule has 0 saturated heterocycles. The van der Waals surface area contributed by atoms with E-state index in [1.165, 1.54) is 0 Å². The number of rotatable bonds is 14. The average molecular weight is 452 g/mol. The molecule has 0 spiro atoms. The van der Waals surface area contributed by atoms with Crippen LogP contribution in [0.2, 0.25) is 0 Å². The molecule has 0 rings (SSSR count). The van der Waals surface area contributed by atoms with Crippen LogP contribution in [0.1, 0.15) is 69.2 Å². The molecule has 0 saturated carbocycles. The highest BCUT2D eigenvalue weighted by atomic mass is 32.2. The highest BCUT2D eigenvalue weighted by Crippen LogP contribution is 2.50. The second kappa shape index (κ2) is 14.7. The van der Waals surface area contributed by atoms with Crippen molar-refractivity contribution in [2.45, 2.75) is 93.4 Å². The van der Waals surface area contributed by atoms with Crippen molar-refractivity contribution in [1.82, 2.24) is 9.34 Å². The van der Waals surface area contributed by atoms with Crippen molar-refractivity contribution in [3.05, 3.63) is 11.3 Å². The molecule has 0 heterocycles. The van der Waals surface area contributed by atoms with E-state index in [4.69, 9.17) is 19.7 Å². The quantitative estimate of drug-likeness (QED) is 0.173. The van der Waals surface area contributed by atoms with E-state index in [-0.39, 0.29) is 24.6 Å². The molecule has 7 nitrogen and oxygen atoms in total. The van der Waals surface area contributed by atoms with E-state index in [2.05, 4.69) is 64.7 Å². The molecule has 0 bridgehead atoms. The number of ether oxygens (including phenoxy) is 2. The molecule has 0 aliphatic heterocycles. The zero-order chi connectivity index (χ0) is 22.7. The van der Waals surface area contributed by atoms with Crippen LogP contribution in [0.3, 0.4) is 0 Å². The first-order valence-electron chi connectivity index (χ1n) is 10.2. The van der Waals surface area contributed by atoms with Crippen molar-refractivity contribution in [1.29, 1.82) is 0 Å². The standard InChI is InChI=1S/C20H42N3O4PS/c1-14(2)22(15(3)4)28(23(16(5)6)17(7)8)27-12-25-11-26-13-29-20(24)18(9)19(10)21/h14-17H,11-13,21H2,1-10H3/b19-18+. The van der Waals surface area contributed by atoms with Crippen LogP contribution in [0, 0.1) is 0 Å². The molecule has 0 aliphatic carbocycles. The third-order valence-electron chi connectivity index (χ3n) is 4.10. The topological polar surface area (TPSA) is 77.3 Å². The second-order valence-electron chi connectivity index (χ2n) is 8.02. The maximum atomic E-state index is 11.8. The molecule has 0 unspecified atom stereocenters. The van der Waals surface area contributed by atoms with Gasteiger partial charge >= 0.3 is 0 Å². The van der Waals surface area contributed by atoms with E-state index in [0.29, 0.717) is 35.4 Å². The molecule has 172 valence electrons. The summed E-state index contributed by atoms with van der Waals surface area (Å²) < 4.78 is 21.9. The van der Waals surface area contributed by atoms with Crippen LogP contribution < -0.4 is 5.73 Å². The summed E-state index contributed by atoms with van der Waals surface area (Å²) in [6, 6.07) is 1.40. The fourth-order valence-electron chi connectivity index (χ4n) is 2.81. The predicted molar refractivity (Wildman–Crippen MR) is 124 cm³/mol. The minimum atomic E-state index is -0.989. The Balaban J connectivity index is 4.69. The first-order chi connectivity index (χ1) is 13.4. The SMILES string of the molecule is C/C(N)=C(/C)C(=O)SCOCOCOP(N(C(C)C)C(C)C)N(C(C)C)C(C)C. The Bertz CT molecular complexity index is 476. The van der Waals surface area contributed by atoms with E-state index in [0.717, 1.165) is 11.8 Å². The molecule has 0 aromatic rings. The molecule has 0 aromatic carbocycles. The first-order valence-corrected chi connectivity index (χ1v) is 12.3. The Hall–Kier alpha value is -0.210. The van der Waals surface area contributed by atoms with Gasteiger partial charge in [0.1, 0.15) is 5.94 Å². The van der Waals surface area contributed by atoms with Crippen LogP contribution in [-0.2, 0) is 18.8 Å². The summed E-state index contributed by atoms with van der Waals surface area (Å²) in [6.07, 6.45) is 0. The molecule has 0 amide bonds. The van der Waals surface area contributed by atoms with E-state index in [1.54, 1.807) is 13.8 Å². The van der Waals surface area contributed by atoms with Crippen LogP contribution in [-0.4, -0.2) is 58.1 Å². The maximum absolute atomic E-state index is 11.8. The van der Waals surface area contributed by atoms with Crippen molar-refractivity contribution < 1.29 is 18.8 Å². The van der Waals surface area contributed by atoms with Gasteiger partial charge in [0.2, 0.25) is 5.12 Å². The predicted octanol–water partition coefficient (Wildman–Crippen LogP) is 4.89. The van der Waals surface area contributed by atoms with Gasteiger partial charge < -0.3 is 19.7 Å². The van der Waals surface area contributed by atoms with E-state index in [9.17, 15) is 4.79 Å². The number of allylic oxidation sites excluding steroid dienone is 1. The number of carbonyl (C=O) groups excluding carboxylic acids is 1. The summed E-state index contributed by atoms with van der Waals surface area (Å²) >= 11 is 1.07. The maximum Gasteiger partial charge on any atom is 0.218 e.